The van der Waals surface area contributed by atoms with E-state index >= 15 is 0 Å². The van der Waals surface area contributed by atoms with Crippen molar-refractivity contribution in [3.8, 4) is 6.07 Å². The van der Waals surface area contributed by atoms with Gasteiger partial charge in [0.05, 0.1) is 18.0 Å². The van der Waals surface area contributed by atoms with Gasteiger partial charge in [-0.05, 0) is 37.1 Å². The highest BCUT2D eigenvalue weighted by molar-refractivity contribution is 6.40. The van der Waals surface area contributed by atoms with E-state index in [4.69, 9.17) is 23.2 Å². The Balaban J connectivity index is 1.81. The standard InChI is InChI=1S/C26H24Cl2FN5O2/c27-24-25(28)33(16-31-24)15-22(35)34(20-11-6-8-18(29)13-20)23(21-12-5-4-7-17(21)14-30)26(36)32-19-9-2-1-3-10-19/h4-8,11-13,16,19,23H,1-3,9-10,15H2,(H,32,36). The van der Waals surface area contributed by atoms with E-state index in [2.05, 4.69) is 16.4 Å². The maximum Gasteiger partial charge on any atom is 0.248 e. The summed E-state index contributed by atoms with van der Waals surface area (Å²) < 4.78 is 15.7. The van der Waals surface area contributed by atoms with Crippen LogP contribution in [0.25, 0.3) is 0 Å². The van der Waals surface area contributed by atoms with Crippen molar-refractivity contribution in [1.29, 1.82) is 5.26 Å². The largest absolute Gasteiger partial charge is 0.351 e. The van der Waals surface area contributed by atoms with Crippen LogP contribution in [0.3, 0.4) is 0 Å². The second kappa shape index (κ2) is 11.5. The van der Waals surface area contributed by atoms with Crippen LogP contribution >= 0.6 is 23.2 Å². The van der Waals surface area contributed by atoms with Gasteiger partial charge in [-0.25, -0.2) is 9.37 Å². The molecule has 1 aliphatic carbocycles. The van der Waals surface area contributed by atoms with Gasteiger partial charge in [-0.1, -0.05) is 66.7 Å². The van der Waals surface area contributed by atoms with Crippen molar-refractivity contribution in [3.63, 3.8) is 0 Å². The number of halogens is 3. The van der Waals surface area contributed by atoms with Gasteiger partial charge in [0.15, 0.2) is 5.15 Å². The molecule has 186 valence electrons. The number of nitrogens with zero attached hydrogens (tertiary/aromatic N) is 4. The second-order valence-electron chi connectivity index (χ2n) is 8.64. The van der Waals surface area contributed by atoms with Crippen molar-refractivity contribution in [2.24, 2.45) is 0 Å². The normalized spacial score (nSPS) is 14.6. The van der Waals surface area contributed by atoms with Crippen molar-refractivity contribution >= 4 is 40.7 Å². The summed E-state index contributed by atoms with van der Waals surface area (Å²) in [5.41, 5.74) is 0.735. The molecule has 0 spiro atoms. The molecule has 4 rings (SSSR count). The molecule has 1 saturated carbocycles. The Bertz CT molecular complexity index is 1300. The Morgan fingerprint density at radius 3 is 2.58 bits per heavy atom. The van der Waals surface area contributed by atoms with Gasteiger partial charge in [0.25, 0.3) is 0 Å². The van der Waals surface area contributed by atoms with Crippen molar-refractivity contribution in [3.05, 3.63) is 82.1 Å². The van der Waals surface area contributed by atoms with Crippen LogP contribution in [-0.4, -0.2) is 27.4 Å². The summed E-state index contributed by atoms with van der Waals surface area (Å²) in [5.74, 6) is -1.58. The molecule has 2 aromatic carbocycles. The van der Waals surface area contributed by atoms with Crippen molar-refractivity contribution in [2.45, 2.75) is 50.7 Å². The van der Waals surface area contributed by atoms with Crippen LogP contribution < -0.4 is 10.2 Å². The maximum atomic E-state index is 14.3. The predicted molar refractivity (Wildman–Crippen MR) is 135 cm³/mol. The second-order valence-corrected chi connectivity index (χ2v) is 9.36. The molecule has 3 aromatic rings. The Hall–Kier alpha value is -3.41. The zero-order chi connectivity index (χ0) is 25.7. The fourth-order valence-electron chi connectivity index (χ4n) is 4.50. The molecule has 1 atom stereocenters. The molecule has 7 nitrogen and oxygen atoms in total. The van der Waals surface area contributed by atoms with Gasteiger partial charge in [0.1, 0.15) is 23.6 Å². The Morgan fingerprint density at radius 2 is 1.92 bits per heavy atom. The lowest BCUT2D eigenvalue weighted by Gasteiger charge is -2.34. The lowest BCUT2D eigenvalue weighted by atomic mass is 9.93. The molecule has 1 aliphatic rings. The zero-order valence-electron chi connectivity index (χ0n) is 19.3. The number of carbonyl (C=O) groups excluding carboxylic acids is 2. The van der Waals surface area contributed by atoms with Gasteiger partial charge in [-0.15, -0.1) is 0 Å². The van der Waals surface area contributed by atoms with Crippen LogP contribution in [0.1, 0.15) is 49.3 Å². The highest BCUT2D eigenvalue weighted by atomic mass is 35.5. The number of imidazole rings is 1. The molecule has 0 saturated heterocycles. The summed E-state index contributed by atoms with van der Waals surface area (Å²) in [6.07, 6.45) is 6.07. The average Bonchev–Trinajstić information content (AvgIpc) is 3.19. The number of benzene rings is 2. The topological polar surface area (TPSA) is 91.0 Å². The lowest BCUT2D eigenvalue weighted by molar-refractivity contribution is -0.127. The zero-order valence-corrected chi connectivity index (χ0v) is 20.8. The number of aromatic nitrogens is 2. The van der Waals surface area contributed by atoms with Crippen LogP contribution in [0.5, 0.6) is 0 Å². The summed E-state index contributed by atoms with van der Waals surface area (Å²) in [6.45, 7) is -0.309. The van der Waals surface area contributed by atoms with Crippen LogP contribution in [0.2, 0.25) is 10.3 Å². The van der Waals surface area contributed by atoms with E-state index in [1.807, 2.05) is 0 Å². The predicted octanol–water partition coefficient (Wildman–Crippen LogP) is 5.42. The number of nitrogens with one attached hydrogen (secondary N) is 1. The monoisotopic (exact) mass is 527 g/mol. The van der Waals surface area contributed by atoms with Crippen LogP contribution in [0.15, 0.2) is 54.9 Å². The molecule has 1 fully saturated rings. The Kier molecular flexibility index (Phi) is 8.24. The first-order valence-corrected chi connectivity index (χ1v) is 12.4. The maximum absolute atomic E-state index is 14.3. The van der Waals surface area contributed by atoms with E-state index in [9.17, 15) is 19.2 Å². The van der Waals surface area contributed by atoms with Gasteiger partial charge in [-0.3, -0.25) is 14.5 Å². The van der Waals surface area contributed by atoms with E-state index in [1.165, 1.54) is 34.0 Å². The molecule has 2 amide bonds. The SMILES string of the molecule is N#Cc1ccccc1C(C(=O)NC1CCCCC1)N(C(=O)Cn1cnc(Cl)c1Cl)c1cccc(F)c1. The molecule has 1 N–H and O–H groups in total. The van der Waals surface area contributed by atoms with Crippen LogP contribution in [0.4, 0.5) is 10.1 Å². The van der Waals surface area contributed by atoms with Gasteiger partial charge in [-0.2, -0.15) is 5.26 Å². The summed E-state index contributed by atoms with van der Waals surface area (Å²) in [5, 5.41) is 12.9. The van der Waals surface area contributed by atoms with E-state index in [0.29, 0.717) is 5.56 Å². The smallest absolute Gasteiger partial charge is 0.248 e. The van der Waals surface area contributed by atoms with Gasteiger partial charge >= 0.3 is 0 Å². The molecular formula is C26H24Cl2FN5O2. The molecule has 10 heteroatoms. The van der Waals surface area contributed by atoms with Crippen molar-refractivity contribution in [2.75, 3.05) is 4.90 Å². The molecule has 0 radical (unpaired) electrons. The van der Waals surface area contributed by atoms with E-state index in [-0.39, 0.29) is 34.1 Å². The number of nitriles is 1. The van der Waals surface area contributed by atoms with Gasteiger partial charge in [0, 0.05) is 17.3 Å². The fraction of sp³-hybridized carbons (Fsp3) is 0.308. The number of hydrogen-bond donors (Lipinski definition) is 1. The number of hydrogen-bond acceptors (Lipinski definition) is 4. The molecule has 1 heterocycles. The first-order chi connectivity index (χ1) is 17.4. The van der Waals surface area contributed by atoms with Crippen LogP contribution in [0, 0.1) is 17.1 Å². The van der Waals surface area contributed by atoms with Crippen molar-refractivity contribution < 1.29 is 14.0 Å². The molecule has 0 bridgehead atoms. The third-order valence-corrected chi connectivity index (χ3v) is 7.00. The average molecular weight is 528 g/mol. The molecular weight excluding hydrogens is 504 g/mol. The van der Waals surface area contributed by atoms with Crippen LogP contribution in [-0.2, 0) is 16.1 Å². The minimum atomic E-state index is -1.23. The minimum absolute atomic E-state index is 0.0307. The fourth-order valence-corrected chi connectivity index (χ4v) is 4.80. The first kappa shape index (κ1) is 25.7. The summed E-state index contributed by atoms with van der Waals surface area (Å²) in [4.78, 5) is 32.7. The van der Waals surface area contributed by atoms with E-state index in [1.54, 1.807) is 30.3 Å². The molecule has 0 aliphatic heterocycles. The summed E-state index contributed by atoms with van der Waals surface area (Å²) in [7, 11) is 0. The highest BCUT2D eigenvalue weighted by Crippen LogP contribution is 2.32. The van der Waals surface area contributed by atoms with Crippen molar-refractivity contribution in [1.82, 2.24) is 14.9 Å². The number of amides is 2. The Labute approximate surface area is 218 Å². The molecule has 36 heavy (non-hydrogen) atoms. The quantitative estimate of drug-likeness (QED) is 0.443. The molecule has 1 aromatic heterocycles. The Morgan fingerprint density at radius 1 is 1.17 bits per heavy atom. The first-order valence-electron chi connectivity index (χ1n) is 11.6. The number of carbonyl (C=O) groups is 2. The van der Waals surface area contributed by atoms with E-state index in [0.717, 1.165) is 32.1 Å². The third-order valence-electron chi connectivity index (χ3n) is 6.23. The van der Waals surface area contributed by atoms with Gasteiger partial charge < -0.3 is 9.88 Å². The molecule has 1 unspecified atom stereocenters. The summed E-state index contributed by atoms with van der Waals surface area (Å²) >= 11 is 12.1. The summed E-state index contributed by atoms with van der Waals surface area (Å²) in [6, 6.07) is 12.8. The highest BCUT2D eigenvalue weighted by Gasteiger charge is 2.36. The minimum Gasteiger partial charge on any atom is -0.351 e. The number of rotatable bonds is 7. The number of anilines is 1. The van der Waals surface area contributed by atoms with Gasteiger partial charge in [0.2, 0.25) is 11.8 Å². The third kappa shape index (κ3) is 5.69. The lowest BCUT2D eigenvalue weighted by Crippen LogP contribution is -2.48. The van der Waals surface area contributed by atoms with E-state index < -0.39 is 23.7 Å².